The zero-order valence-electron chi connectivity index (χ0n) is 7.81. The Kier molecular flexibility index (Phi) is 2.10. The summed E-state index contributed by atoms with van der Waals surface area (Å²) < 4.78 is 0. The van der Waals surface area contributed by atoms with Gasteiger partial charge >= 0.3 is 0 Å². The normalized spacial score (nSPS) is 10.1. The molecular formula is C10H10N4. The summed E-state index contributed by atoms with van der Waals surface area (Å²) in [5, 5.41) is 0. The lowest BCUT2D eigenvalue weighted by molar-refractivity contribution is 1.15. The smallest absolute Gasteiger partial charge is 0.107 e. The quantitative estimate of drug-likeness (QED) is 0.731. The molecule has 2 heterocycles. The van der Waals surface area contributed by atoms with Crippen LogP contribution in [0.5, 0.6) is 0 Å². The maximum atomic E-state index is 5.67. The molecule has 0 amide bonds. The van der Waals surface area contributed by atoms with Gasteiger partial charge in [0.1, 0.15) is 5.69 Å². The molecule has 0 saturated carbocycles. The molecule has 0 atom stereocenters. The summed E-state index contributed by atoms with van der Waals surface area (Å²) in [5.74, 6) is 0. The summed E-state index contributed by atoms with van der Waals surface area (Å²) in [4.78, 5) is 12.4. The van der Waals surface area contributed by atoms with Gasteiger partial charge in [0.15, 0.2) is 0 Å². The van der Waals surface area contributed by atoms with E-state index in [4.69, 9.17) is 5.73 Å². The van der Waals surface area contributed by atoms with Crippen LogP contribution in [0.15, 0.2) is 30.7 Å². The summed E-state index contributed by atoms with van der Waals surface area (Å²) in [5.41, 5.74) is 8.73. The first-order valence-electron chi connectivity index (χ1n) is 4.27. The Morgan fingerprint density at radius 1 is 1.14 bits per heavy atom. The molecule has 2 aromatic rings. The third kappa shape index (κ3) is 1.54. The molecule has 0 aliphatic heterocycles. The first-order valence-corrected chi connectivity index (χ1v) is 4.27. The zero-order valence-corrected chi connectivity index (χ0v) is 7.81. The number of aromatic nitrogens is 3. The number of anilines is 1. The standard InChI is InChI=1S/C10H10N4/c1-7-8(11)2-3-9(14-7)10-6-12-4-5-13-10/h2-6H,11H2,1H3. The number of pyridine rings is 1. The van der Waals surface area contributed by atoms with Gasteiger partial charge in [-0.1, -0.05) is 0 Å². The van der Waals surface area contributed by atoms with Crippen LogP contribution in [0.4, 0.5) is 5.69 Å². The fourth-order valence-corrected chi connectivity index (χ4v) is 1.15. The van der Waals surface area contributed by atoms with Crippen LogP contribution >= 0.6 is 0 Å². The van der Waals surface area contributed by atoms with Gasteiger partial charge in [-0.3, -0.25) is 9.97 Å². The number of rotatable bonds is 1. The van der Waals surface area contributed by atoms with Crippen molar-refractivity contribution in [2.24, 2.45) is 0 Å². The van der Waals surface area contributed by atoms with Crippen LogP contribution in [0.3, 0.4) is 0 Å². The lowest BCUT2D eigenvalue weighted by Crippen LogP contribution is -1.95. The number of nitrogen functional groups attached to an aromatic ring is 1. The van der Waals surface area contributed by atoms with Gasteiger partial charge in [-0.25, -0.2) is 4.98 Å². The van der Waals surface area contributed by atoms with Gasteiger partial charge in [-0.05, 0) is 19.1 Å². The largest absolute Gasteiger partial charge is 0.397 e. The minimum atomic E-state index is 0.692. The second-order valence-corrected chi connectivity index (χ2v) is 2.96. The molecule has 2 aromatic heterocycles. The highest BCUT2D eigenvalue weighted by atomic mass is 14.8. The van der Waals surface area contributed by atoms with Gasteiger partial charge < -0.3 is 5.73 Å². The topological polar surface area (TPSA) is 64.7 Å². The van der Waals surface area contributed by atoms with Crippen molar-refractivity contribution in [2.45, 2.75) is 6.92 Å². The summed E-state index contributed by atoms with van der Waals surface area (Å²) >= 11 is 0. The maximum Gasteiger partial charge on any atom is 0.107 e. The van der Waals surface area contributed by atoms with Crippen molar-refractivity contribution in [2.75, 3.05) is 5.73 Å². The molecule has 70 valence electrons. The third-order valence-electron chi connectivity index (χ3n) is 1.95. The Hall–Kier alpha value is -1.97. The van der Waals surface area contributed by atoms with E-state index in [1.807, 2.05) is 19.1 Å². The van der Waals surface area contributed by atoms with Gasteiger partial charge in [0.2, 0.25) is 0 Å². The van der Waals surface area contributed by atoms with Crippen LogP contribution in [0.1, 0.15) is 5.69 Å². The lowest BCUT2D eigenvalue weighted by Gasteiger charge is -2.02. The van der Waals surface area contributed by atoms with Gasteiger partial charge in [0.05, 0.1) is 23.3 Å². The maximum absolute atomic E-state index is 5.67. The first kappa shape index (κ1) is 8.62. The van der Waals surface area contributed by atoms with Gasteiger partial charge in [0.25, 0.3) is 0 Å². The molecular weight excluding hydrogens is 176 g/mol. The van der Waals surface area contributed by atoms with Crippen molar-refractivity contribution in [1.29, 1.82) is 0 Å². The Bertz CT molecular complexity index is 439. The number of aryl methyl sites for hydroxylation is 1. The average molecular weight is 186 g/mol. The molecule has 0 spiro atoms. The van der Waals surface area contributed by atoms with E-state index in [1.54, 1.807) is 18.6 Å². The van der Waals surface area contributed by atoms with Crippen LogP contribution in [0, 0.1) is 6.92 Å². The Labute approximate surface area is 81.9 Å². The van der Waals surface area contributed by atoms with Crippen molar-refractivity contribution < 1.29 is 0 Å². The average Bonchev–Trinajstić information content (AvgIpc) is 2.23. The van der Waals surface area contributed by atoms with Crippen LogP contribution in [-0.2, 0) is 0 Å². The van der Waals surface area contributed by atoms with E-state index in [9.17, 15) is 0 Å². The van der Waals surface area contributed by atoms with Crippen LogP contribution in [0.25, 0.3) is 11.4 Å². The fourth-order valence-electron chi connectivity index (χ4n) is 1.15. The second-order valence-electron chi connectivity index (χ2n) is 2.96. The second kappa shape index (κ2) is 3.41. The van der Waals surface area contributed by atoms with Crippen molar-refractivity contribution >= 4 is 5.69 Å². The predicted molar refractivity (Wildman–Crippen MR) is 54.4 cm³/mol. The molecule has 0 unspecified atom stereocenters. The van der Waals surface area contributed by atoms with E-state index in [1.165, 1.54) is 0 Å². The van der Waals surface area contributed by atoms with Gasteiger partial charge in [0, 0.05) is 12.4 Å². The monoisotopic (exact) mass is 186 g/mol. The summed E-state index contributed by atoms with van der Waals surface area (Å²) in [6, 6.07) is 3.67. The molecule has 0 fully saturated rings. The molecule has 2 N–H and O–H groups in total. The molecule has 4 heteroatoms. The Balaban J connectivity index is 2.48. The van der Waals surface area contributed by atoms with E-state index >= 15 is 0 Å². The van der Waals surface area contributed by atoms with Crippen molar-refractivity contribution in [3.63, 3.8) is 0 Å². The summed E-state index contributed by atoms with van der Waals surface area (Å²) in [6.07, 6.45) is 4.95. The van der Waals surface area contributed by atoms with Crippen molar-refractivity contribution in [3.05, 3.63) is 36.4 Å². The van der Waals surface area contributed by atoms with E-state index in [0.717, 1.165) is 17.1 Å². The van der Waals surface area contributed by atoms with Crippen molar-refractivity contribution in [3.8, 4) is 11.4 Å². The third-order valence-corrected chi connectivity index (χ3v) is 1.95. The summed E-state index contributed by atoms with van der Waals surface area (Å²) in [6.45, 7) is 1.87. The Morgan fingerprint density at radius 2 is 2.00 bits per heavy atom. The van der Waals surface area contributed by atoms with Crippen LogP contribution in [-0.4, -0.2) is 15.0 Å². The summed E-state index contributed by atoms with van der Waals surface area (Å²) in [7, 11) is 0. The molecule has 0 bridgehead atoms. The van der Waals surface area contributed by atoms with Crippen molar-refractivity contribution in [1.82, 2.24) is 15.0 Å². The molecule has 0 aliphatic rings. The first-order chi connectivity index (χ1) is 6.77. The fraction of sp³-hybridized carbons (Fsp3) is 0.100. The zero-order chi connectivity index (χ0) is 9.97. The molecule has 0 aliphatic carbocycles. The highest BCUT2D eigenvalue weighted by Crippen LogP contribution is 2.16. The predicted octanol–water partition coefficient (Wildman–Crippen LogP) is 1.43. The van der Waals surface area contributed by atoms with Crippen LogP contribution in [0.2, 0.25) is 0 Å². The highest BCUT2D eigenvalue weighted by Gasteiger charge is 2.02. The molecule has 4 nitrogen and oxygen atoms in total. The molecule has 14 heavy (non-hydrogen) atoms. The number of hydrogen-bond acceptors (Lipinski definition) is 4. The lowest BCUT2D eigenvalue weighted by atomic mass is 10.2. The highest BCUT2D eigenvalue weighted by molar-refractivity contribution is 5.57. The van der Waals surface area contributed by atoms with E-state index in [0.29, 0.717) is 5.69 Å². The number of nitrogens with zero attached hydrogens (tertiary/aromatic N) is 3. The van der Waals surface area contributed by atoms with E-state index in [-0.39, 0.29) is 0 Å². The Morgan fingerprint density at radius 3 is 2.64 bits per heavy atom. The number of hydrogen-bond donors (Lipinski definition) is 1. The van der Waals surface area contributed by atoms with Crippen LogP contribution < -0.4 is 5.73 Å². The minimum Gasteiger partial charge on any atom is -0.397 e. The number of nitrogens with two attached hydrogens (primary N) is 1. The van der Waals surface area contributed by atoms with Gasteiger partial charge in [-0.15, -0.1) is 0 Å². The molecule has 2 rings (SSSR count). The molecule has 0 saturated heterocycles. The minimum absolute atomic E-state index is 0.692. The van der Waals surface area contributed by atoms with Gasteiger partial charge in [-0.2, -0.15) is 0 Å². The molecule has 0 radical (unpaired) electrons. The van der Waals surface area contributed by atoms with E-state index < -0.39 is 0 Å². The van der Waals surface area contributed by atoms with E-state index in [2.05, 4.69) is 15.0 Å². The SMILES string of the molecule is Cc1nc(-c2cnccn2)ccc1N. The molecule has 0 aromatic carbocycles.